The molecule has 0 unspecified atom stereocenters. The highest BCUT2D eigenvalue weighted by atomic mass is 35.5. The van der Waals surface area contributed by atoms with Gasteiger partial charge in [0.1, 0.15) is 0 Å². The molecule has 3 nitrogen and oxygen atoms in total. The predicted molar refractivity (Wildman–Crippen MR) is 59.0 cm³/mol. The molecule has 1 aromatic rings. The zero-order valence-electron chi connectivity index (χ0n) is 8.47. The number of aryl methyl sites for hydroxylation is 1. The monoisotopic (exact) mass is 212 g/mol. The van der Waals surface area contributed by atoms with Crippen molar-refractivity contribution < 1.29 is 4.79 Å². The summed E-state index contributed by atoms with van der Waals surface area (Å²) in [4.78, 5) is 12.8. The van der Waals surface area contributed by atoms with E-state index in [2.05, 4.69) is 5.32 Å². The minimum Gasteiger partial charge on any atom is -0.341 e. The molecule has 0 radical (unpaired) electrons. The van der Waals surface area contributed by atoms with Crippen molar-refractivity contribution in [1.29, 1.82) is 0 Å². The summed E-state index contributed by atoms with van der Waals surface area (Å²) in [5.74, 6) is 0. The molecule has 0 spiro atoms. The fourth-order valence-electron chi connectivity index (χ4n) is 1.08. The van der Waals surface area contributed by atoms with Crippen molar-refractivity contribution in [3.63, 3.8) is 0 Å². The first-order valence-corrected chi connectivity index (χ1v) is 4.65. The first-order chi connectivity index (χ1) is 6.56. The maximum atomic E-state index is 11.3. The number of amides is 2. The van der Waals surface area contributed by atoms with Gasteiger partial charge in [-0.1, -0.05) is 17.7 Å². The molecule has 4 heteroatoms. The summed E-state index contributed by atoms with van der Waals surface area (Å²) >= 11 is 5.95. The summed E-state index contributed by atoms with van der Waals surface area (Å²) < 4.78 is 0. The van der Waals surface area contributed by atoms with Crippen molar-refractivity contribution in [1.82, 2.24) is 5.32 Å². The first-order valence-electron chi connectivity index (χ1n) is 4.28. The highest BCUT2D eigenvalue weighted by Crippen LogP contribution is 2.22. The number of nitrogens with one attached hydrogen (secondary N) is 1. The zero-order chi connectivity index (χ0) is 10.7. The minimum absolute atomic E-state index is 0.162. The van der Waals surface area contributed by atoms with Gasteiger partial charge in [-0.25, -0.2) is 4.79 Å². The number of rotatable bonds is 1. The van der Waals surface area contributed by atoms with Crippen molar-refractivity contribution in [2.75, 3.05) is 19.0 Å². The van der Waals surface area contributed by atoms with Gasteiger partial charge in [0.05, 0.1) is 0 Å². The summed E-state index contributed by atoms with van der Waals surface area (Å²) in [6.07, 6.45) is 0. The third-order valence-corrected chi connectivity index (χ3v) is 2.47. The molecule has 76 valence electrons. The standard InChI is InChI=1S/C10H13ClN2O/c1-7-4-5-8(6-9(7)11)13(3)10(14)12-2/h4-6H,1-3H3,(H,12,14). The van der Waals surface area contributed by atoms with Gasteiger partial charge in [0.15, 0.2) is 0 Å². The van der Waals surface area contributed by atoms with E-state index in [1.807, 2.05) is 19.1 Å². The quantitative estimate of drug-likeness (QED) is 0.762. The van der Waals surface area contributed by atoms with Gasteiger partial charge in [0, 0.05) is 24.8 Å². The molecular formula is C10H13ClN2O. The van der Waals surface area contributed by atoms with E-state index in [0.29, 0.717) is 5.02 Å². The molecule has 2 amide bonds. The Morgan fingerprint density at radius 1 is 1.50 bits per heavy atom. The van der Waals surface area contributed by atoms with Crippen LogP contribution in [-0.2, 0) is 0 Å². The lowest BCUT2D eigenvalue weighted by Crippen LogP contribution is -2.34. The molecule has 1 aromatic carbocycles. The van der Waals surface area contributed by atoms with Gasteiger partial charge in [0.25, 0.3) is 0 Å². The smallest absolute Gasteiger partial charge is 0.321 e. The molecule has 1 N–H and O–H groups in total. The highest BCUT2D eigenvalue weighted by Gasteiger charge is 2.08. The van der Waals surface area contributed by atoms with Crippen molar-refractivity contribution in [2.24, 2.45) is 0 Å². The van der Waals surface area contributed by atoms with Crippen molar-refractivity contribution >= 4 is 23.3 Å². The lowest BCUT2D eigenvalue weighted by atomic mass is 10.2. The summed E-state index contributed by atoms with van der Waals surface area (Å²) in [5.41, 5.74) is 1.78. The highest BCUT2D eigenvalue weighted by molar-refractivity contribution is 6.31. The first kappa shape index (κ1) is 10.9. The molecule has 0 atom stereocenters. The number of urea groups is 1. The van der Waals surface area contributed by atoms with Crippen LogP contribution in [-0.4, -0.2) is 20.1 Å². The van der Waals surface area contributed by atoms with Crippen LogP contribution < -0.4 is 10.2 Å². The second-order valence-corrected chi connectivity index (χ2v) is 3.45. The molecule has 0 saturated carbocycles. The fourth-order valence-corrected chi connectivity index (χ4v) is 1.25. The maximum Gasteiger partial charge on any atom is 0.321 e. The average Bonchev–Trinajstić information content (AvgIpc) is 2.20. The number of nitrogens with zero attached hydrogens (tertiary/aromatic N) is 1. The number of carbonyl (C=O) groups is 1. The molecular weight excluding hydrogens is 200 g/mol. The molecule has 0 aliphatic heterocycles. The largest absolute Gasteiger partial charge is 0.341 e. The van der Waals surface area contributed by atoms with Crippen molar-refractivity contribution in [3.05, 3.63) is 28.8 Å². The third-order valence-electron chi connectivity index (χ3n) is 2.06. The molecule has 0 saturated heterocycles. The van der Waals surface area contributed by atoms with Crippen LogP contribution in [0.5, 0.6) is 0 Å². The Morgan fingerprint density at radius 2 is 2.14 bits per heavy atom. The van der Waals surface area contributed by atoms with Gasteiger partial charge >= 0.3 is 6.03 Å². The van der Waals surface area contributed by atoms with Crippen LogP contribution in [0.3, 0.4) is 0 Å². The van der Waals surface area contributed by atoms with Crippen LogP contribution in [0.25, 0.3) is 0 Å². The third kappa shape index (κ3) is 2.17. The van der Waals surface area contributed by atoms with Crippen molar-refractivity contribution in [2.45, 2.75) is 6.92 Å². The minimum atomic E-state index is -0.162. The van der Waals surface area contributed by atoms with E-state index in [1.54, 1.807) is 20.2 Å². The Labute approximate surface area is 88.7 Å². The van der Waals surface area contributed by atoms with E-state index in [4.69, 9.17) is 11.6 Å². The second-order valence-electron chi connectivity index (χ2n) is 3.05. The number of anilines is 1. The summed E-state index contributed by atoms with van der Waals surface area (Å²) in [6, 6.07) is 5.35. The summed E-state index contributed by atoms with van der Waals surface area (Å²) in [5, 5.41) is 3.21. The lowest BCUT2D eigenvalue weighted by molar-refractivity contribution is 0.249. The topological polar surface area (TPSA) is 32.3 Å². The molecule has 1 rings (SSSR count). The Morgan fingerprint density at radius 3 is 2.64 bits per heavy atom. The Bertz CT molecular complexity index is 352. The Balaban J connectivity index is 2.96. The van der Waals surface area contributed by atoms with E-state index < -0.39 is 0 Å². The van der Waals surface area contributed by atoms with E-state index in [1.165, 1.54) is 4.90 Å². The summed E-state index contributed by atoms with van der Waals surface area (Å²) in [6.45, 7) is 1.92. The van der Waals surface area contributed by atoms with Gasteiger partial charge in [-0.2, -0.15) is 0 Å². The zero-order valence-corrected chi connectivity index (χ0v) is 9.22. The predicted octanol–water partition coefficient (Wildman–Crippen LogP) is 2.42. The van der Waals surface area contributed by atoms with Crippen LogP contribution >= 0.6 is 11.6 Å². The molecule has 0 aliphatic rings. The number of carbonyl (C=O) groups excluding carboxylic acids is 1. The van der Waals surface area contributed by atoms with Crippen LogP contribution in [0.1, 0.15) is 5.56 Å². The molecule has 0 fully saturated rings. The second kappa shape index (κ2) is 4.33. The Hall–Kier alpha value is -1.22. The molecule has 0 bridgehead atoms. The van der Waals surface area contributed by atoms with E-state index in [-0.39, 0.29) is 6.03 Å². The summed E-state index contributed by atoms with van der Waals surface area (Å²) in [7, 11) is 3.29. The SMILES string of the molecule is CNC(=O)N(C)c1ccc(C)c(Cl)c1. The lowest BCUT2D eigenvalue weighted by Gasteiger charge is -2.17. The average molecular weight is 213 g/mol. The van der Waals surface area contributed by atoms with Gasteiger partial charge in [-0.3, -0.25) is 4.90 Å². The molecule has 0 aliphatic carbocycles. The van der Waals surface area contributed by atoms with Gasteiger partial charge in [-0.05, 0) is 24.6 Å². The number of benzene rings is 1. The van der Waals surface area contributed by atoms with E-state index in [9.17, 15) is 4.79 Å². The van der Waals surface area contributed by atoms with E-state index >= 15 is 0 Å². The van der Waals surface area contributed by atoms with Crippen LogP contribution in [0.4, 0.5) is 10.5 Å². The normalized spacial score (nSPS) is 9.71. The van der Waals surface area contributed by atoms with Crippen LogP contribution in [0.2, 0.25) is 5.02 Å². The van der Waals surface area contributed by atoms with Crippen LogP contribution in [0.15, 0.2) is 18.2 Å². The van der Waals surface area contributed by atoms with E-state index in [0.717, 1.165) is 11.3 Å². The molecule has 0 heterocycles. The van der Waals surface area contributed by atoms with Crippen molar-refractivity contribution in [3.8, 4) is 0 Å². The molecule has 0 aromatic heterocycles. The van der Waals surface area contributed by atoms with Gasteiger partial charge in [-0.15, -0.1) is 0 Å². The Kier molecular flexibility index (Phi) is 3.36. The number of halogens is 1. The van der Waals surface area contributed by atoms with Gasteiger partial charge in [0.2, 0.25) is 0 Å². The number of hydrogen-bond acceptors (Lipinski definition) is 1. The number of hydrogen-bond donors (Lipinski definition) is 1. The van der Waals surface area contributed by atoms with Gasteiger partial charge < -0.3 is 5.32 Å². The molecule has 14 heavy (non-hydrogen) atoms. The maximum absolute atomic E-state index is 11.3. The fraction of sp³-hybridized carbons (Fsp3) is 0.300. The van der Waals surface area contributed by atoms with Crippen LogP contribution in [0, 0.1) is 6.92 Å².